The van der Waals surface area contributed by atoms with Crippen LogP contribution in [-0.4, -0.2) is 0 Å². The van der Waals surface area contributed by atoms with Crippen LogP contribution in [0, 0.1) is 0 Å². The van der Waals surface area contributed by atoms with Gasteiger partial charge >= 0.3 is 0 Å². The first-order valence-electron chi connectivity index (χ1n) is 16.4. The first-order valence-corrected chi connectivity index (χ1v) is 16.4. The number of hydrogen-bond acceptors (Lipinski definition) is 2. The van der Waals surface area contributed by atoms with Crippen molar-refractivity contribution in [2.75, 3.05) is 4.90 Å². The highest BCUT2D eigenvalue weighted by Crippen LogP contribution is 2.47. The molecule has 0 radical (unpaired) electrons. The average Bonchev–Trinajstić information content (AvgIpc) is 3.55. The molecule has 0 unspecified atom stereocenters. The van der Waals surface area contributed by atoms with Gasteiger partial charge in [-0.1, -0.05) is 133 Å². The van der Waals surface area contributed by atoms with E-state index in [0.717, 1.165) is 44.6 Å². The Balaban J connectivity index is 1.28. The summed E-state index contributed by atoms with van der Waals surface area (Å²) in [7, 11) is 0. The molecule has 0 aliphatic rings. The summed E-state index contributed by atoms with van der Waals surface area (Å²) in [6.07, 6.45) is 0. The van der Waals surface area contributed by atoms with Crippen molar-refractivity contribution in [3.05, 3.63) is 176 Å². The lowest BCUT2D eigenvalue weighted by molar-refractivity contribution is 0.670. The minimum absolute atomic E-state index is 0.880. The molecule has 0 aliphatic carbocycles. The van der Waals surface area contributed by atoms with Crippen molar-refractivity contribution in [3.8, 4) is 11.1 Å². The Kier molecular flexibility index (Phi) is 5.91. The van der Waals surface area contributed by atoms with Crippen molar-refractivity contribution in [1.29, 1.82) is 0 Å². The molecule has 2 heteroatoms. The van der Waals surface area contributed by atoms with Crippen molar-refractivity contribution in [2.45, 2.75) is 0 Å². The summed E-state index contributed by atoms with van der Waals surface area (Å²) >= 11 is 0. The molecule has 0 amide bonds. The van der Waals surface area contributed by atoms with Gasteiger partial charge in [0, 0.05) is 22.3 Å². The number of para-hydroxylation sites is 1. The Labute approximate surface area is 277 Å². The molecule has 0 N–H and O–H groups in total. The van der Waals surface area contributed by atoms with Gasteiger partial charge in [0.05, 0.1) is 11.1 Å². The molecule has 0 saturated carbocycles. The lowest BCUT2D eigenvalue weighted by Crippen LogP contribution is -2.10. The van der Waals surface area contributed by atoms with E-state index < -0.39 is 0 Å². The third kappa shape index (κ3) is 4.13. The minimum atomic E-state index is 0.880. The van der Waals surface area contributed by atoms with Gasteiger partial charge in [0.1, 0.15) is 11.2 Å². The van der Waals surface area contributed by atoms with E-state index in [1.54, 1.807) is 0 Å². The van der Waals surface area contributed by atoms with Crippen LogP contribution in [0.4, 0.5) is 17.1 Å². The van der Waals surface area contributed by atoms with Crippen LogP contribution in [0.2, 0.25) is 0 Å². The van der Waals surface area contributed by atoms with Gasteiger partial charge in [-0.3, -0.25) is 0 Å². The molecule has 0 bridgehead atoms. The van der Waals surface area contributed by atoms with Crippen molar-refractivity contribution in [3.63, 3.8) is 0 Å². The number of benzene rings is 9. The molecule has 1 heterocycles. The molecule has 0 fully saturated rings. The van der Waals surface area contributed by atoms with E-state index >= 15 is 0 Å². The maximum atomic E-state index is 6.81. The van der Waals surface area contributed by atoms with E-state index in [1.807, 2.05) is 0 Å². The Morgan fingerprint density at radius 1 is 0.354 bits per heavy atom. The molecular weight excluding hydrogens is 583 g/mol. The van der Waals surface area contributed by atoms with Crippen LogP contribution >= 0.6 is 0 Å². The summed E-state index contributed by atoms with van der Waals surface area (Å²) in [5.74, 6) is 0. The number of furan rings is 1. The van der Waals surface area contributed by atoms with Gasteiger partial charge in [-0.25, -0.2) is 0 Å². The van der Waals surface area contributed by atoms with Gasteiger partial charge in [-0.2, -0.15) is 0 Å². The highest BCUT2D eigenvalue weighted by molar-refractivity contribution is 6.19. The van der Waals surface area contributed by atoms with Crippen LogP contribution < -0.4 is 4.90 Å². The molecule has 0 saturated heterocycles. The SMILES string of the molecule is c1ccc2cc(N(c3ccc4c(ccc5ccccc54)c3)c3ccc(-c4cccc5ccccc45)c4oc5ccccc5c34)ccc2c1. The summed E-state index contributed by atoms with van der Waals surface area (Å²) in [5.41, 5.74) is 7.29. The maximum absolute atomic E-state index is 6.81. The molecule has 2 nitrogen and oxygen atoms in total. The summed E-state index contributed by atoms with van der Waals surface area (Å²) in [4.78, 5) is 2.40. The lowest BCUT2D eigenvalue weighted by atomic mass is 9.95. The van der Waals surface area contributed by atoms with Crippen LogP contribution in [-0.2, 0) is 0 Å². The average molecular weight is 612 g/mol. The Bertz CT molecular complexity index is 2860. The van der Waals surface area contributed by atoms with Crippen LogP contribution in [0.15, 0.2) is 180 Å². The van der Waals surface area contributed by atoms with E-state index in [0.29, 0.717) is 0 Å². The zero-order valence-electron chi connectivity index (χ0n) is 26.1. The molecule has 0 atom stereocenters. The van der Waals surface area contributed by atoms with Gasteiger partial charge in [-0.15, -0.1) is 0 Å². The summed E-state index contributed by atoms with van der Waals surface area (Å²) in [6, 6.07) is 63.3. The highest BCUT2D eigenvalue weighted by atomic mass is 16.3. The predicted octanol–water partition coefficient (Wildman–Crippen LogP) is 13.3. The molecule has 1 aromatic heterocycles. The van der Waals surface area contributed by atoms with Gasteiger partial charge < -0.3 is 9.32 Å². The van der Waals surface area contributed by atoms with Crippen molar-refractivity contribution in [2.24, 2.45) is 0 Å². The number of fused-ring (bicyclic) bond motifs is 8. The second-order valence-corrected chi connectivity index (χ2v) is 12.5. The van der Waals surface area contributed by atoms with Crippen molar-refractivity contribution in [1.82, 2.24) is 0 Å². The van der Waals surface area contributed by atoms with Crippen LogP contribution in [0.1, 0.15) is 0 Å². The Morgan fingerprint density at radius 3 is 1.79 bits per heavy atom. The zero-order valence-corrected chi connectivity index (χ0v) is 26.1. The quantitative estimate of drug-likeness (QED) is 0.184. The number of anilines is 3. The molecule has 224 valence electrons. The largest absolute Gasteiger partial charge is 0.455 e. The van der Waals surface area contributed by atoms with E-state index in [4.69, 9.17) is 4.42 Å². The van der Waals surface area contributed by atoms with Crippen LogP contribution in [0.25, 0.3) is 76.2 Å². The molecule has 10 aromatic rings. The molecule has 48 heavy (non-hydrogen) atoms. The van der Waals surface area contributed by atoms with Gasteiger partial charge in [0.2, 0.25) is 0 Å². The summed E-state index contributed by atoms with van der Waals surface area (Å²) < 4.78 is 6.81. The lowest BCUT2D eigenvalue weighted by Gasteiger charge is -2.27. The topological polar surface area (TPSA) is 16.4 Å². The molecule has 9 aromatic carbocycles. The summed E-state index contributed by atoms with van der Waals surface area (Å²) in [6.45, 7) is 0. The maximum Gasteiger partial charge on any atom is 0.145 e. The normalized spacial score (nSPS) is 11.8. The van der Waals surface area contributed by atoms with Crippen molar-refractivity contribution >= 4 is 82.1 Å². The second kappa shape index (κ2) is 10.6. The van der Waals surface area contributed by atoms with Crippen molar-refractivity contribution < 1.29 is 4.42 Å². The highest BCUT2D eigenvalue weighted by Gasteiger charge is 2.23. The Hall–Kier alpha value is -6.38. The van der Waals surface area contributed by atoms with Crippen LogP contribution in [0.3, 0.4) is 0 Å². The van der Waals surface area contributed by atoms with E-state index in [9.17, 15) is 0 Å². The zero-order chi connectivity index (χ0) is 31.6. The fourth-order valence-electron chi connectivity index (χ4n) is 7.55. The van der Waals surface area contributed by atoms with E-state index in [-0.39, 0.29) is 0 Å². The number of hydrogen-bond donors (Lipinski definition) is 0. The van der Waals surface area contributed by atoms with Gasteiger partial charge in [0.15, 0.2) is 0 Å². The van der Waals surface area contributed by atoms with Gasteiger partial charge in [-0.05, 0) is 91.1 Å². The standard InChI is InChI=1S/C46H29NO/c1-2-13-33-28-35(23-22-30(33)10-1)47(36-24-25-39-34(29-36)21-20-32-12-4-5-15-37(32)39)43-27-26-41(40-18-9-14-31-11-3-6-16-38(31)40)46-45(43)42-17-7-8-19-44(42)48-46/h1-29H. The minimum Gasteiger partial charge on any atom is -0.455 e. The molecule has 0 spiro atoms. The van der Waals surface area contributed by atoms with Crippen LogP contribution in [0.5, 0.6) is 0 Å². The van der Waals surface area contributed by atoms with E-state index in [2.05, 4.69) is 181 Å². The van der Waals surface area contributed by atoms with Gasteiger partial charge in [0.25, 0.3) is 0 Å². The fourth-order valence-corrected chi connectivity index (χ4v) is 7.55. The monoisotopic (exact) mass is 611 g/mol. The molecule has 0 aliphatic heterocycles. The Morgan fingerprint density at radius 2 is 0.938 bits per heavy atom. The van der Waals surface area contributed by atoms with E-state index in [1.165, 1.54) is 48.7 Å². The number of nitrogens with zero attached hydrogens (tertiary/aromatic N) is 1. The molecular formula is C46H29NO. The predicted molar refractivity (Wildman–Crippen MR) is 204 cm³/mol. The smallest absolute Gasteiger partial charge is 0.145 e. The third-order valence-corrected chi connectivity index (χ3v) is 9.80. The third-order valence-electron chi connectivity index (χ3n) is 9.80. The molecule has 10 rings (SSSR count). The second-order valence-electron chi connectivity index (χ2n) is 12.5. The number of rotatable bonds is 4. The first-order chi connectivity index (χ1) is 23.8. The fraction of sp³-hybridized carbons (Fsp3) is 0. The first kappa shape index (κ1) is 26.8. The summed E-state index contributed by atoms with van der Waals surface area (Å²) in [5, 5.41) is 12.0.